The summed E-state index contributed by atoms with van der Waals surface area (Å²) in [6.07, 6.45) is 10.9. The zero-order valence-corrected chi connectivity index (χ0v) is 11.3. The van der Waals surface area contributed by atoms with Gasteiger partial charge >= 0.3 is 0 Å². The Bertz CT molecular complexity index is 382. The van der Waals surface area contributed by atoms with E-state index in [1.54, 1.807) is 0 Å². The van der Waals surface area contributed by atoms with E-state index in [0.717, 1.165) is 25.0 Å². The summed E-state index contributed by atoms with van der Waals surface area (Å²) in [4.78, 5) is 0. The maximum atomic E-state index is 5.76. The first kappa shape index (κ1) is 13.5. The van der Waals surface area contributed by atoms with Crippen LogP contribution in [-0.2, 0) is 4.74 Å². The van der Waals surface area contributed by atoms with Crippen molar-refractivity contribution in [2.45, 2.75) is 39.0 Å². The first-order valence-electron chi connectivity index (χ1n) is 6.83. The molecule has 0 bridgehead atoms. The average Bonchev–Trinajstić information content (AvgIpc) is 2.93. The van der Waals surface area contributed by atoms with Crippen molar-refractivity contribution in [2.75, 3.05) is 6.61 Å². The monoisotopic (exact) mass is 248 g/mol. The number of ether oxygens (including phenoxy) is 1. The van der Waals surface area contributed by atoms with E-state index in [0.29, 0.717) is 17.9 Å². The molecule has 1 aliphatic carbocycles. The molecule has 1 fully saturated rings. The Kier molecular flexibility index (Phi) is 4.38. The Balaban J connectivity index is 1.91. The van der Waals surface area contributed by atoms with Gasteiger partial charge in [-0.2, -0.15) is 0 Å². The van der Waals surface area contributed by atoms with Crippen LogP contribution in [0.25, 0.3) is 0 Å². The van der Waals surface area contributed by atoms with E-state index >= 15 is 0 Å². The van der Waals surface area contributed by atoms with Gasteiger partial charge in [0.2, 0.25) is 0 Å². The molecule has 0 aromatic rings. The predicted molar refractivity (Wildman–Crippen MR) is 74.8 cm³/mol. The highest BCUT2D eigenvalue weighted by Crippen LogP contribution is 2.29. The zero-order valence-electron chi connectivity index (χ0n) is 11.3. The molecule has 0 saturated carbocycles. The third-order valence-electron chi connectivity index (χ3n) is 3.99. The lowest BCUT2D eigenvalue weighted by molar-refractivity contribution is 0.0917. The second-order valence-corrected chi connectivity index (χ2v) is 5.28. The highest BCUT2D eigenvalue weighted by Gasteiger charge is 2.27. The third kappa shape index (κ3) is 2.91. The molecule has 0 aromatic carbocycles. The standard InChI is InChI=1S/C15H24N2O/c1-3-14-10(2)13(9-18-14)7-5-11-4-6-12(8-11)15(16)17/h4,6-8,10-11,14-15H,3,5,9,16-17H2,1-2H3. The minimum atomic E-state index is -0.350. The summed E-state index contributed by atoms with van der Waals surface area (Å²) in [5, 5.41) is 0. The first-order chi connectivity index (χ1) is 8.61. The molecule has 3 heteroatoms. The molecule has 0 amide bonds. The van der Waals surface area contributed by atoms with E-state index in [1.807, 2.05) is 6.08 Å². The van der Waals surface area contributed by atoms with E-state index in [9.17, 15) is 0 Å². The number of allylic oxidation sites excluding steroid dienone is 3. The van der Waals surface area contributed by atoms with Crippen LogP contribution < -0.4 is 11.5 Å². The Hall–Kier alpha value is -0.900. The van der Waals surface area contributed by atoms with Gasteiger partial charge in [0.25, 0.3) is 0 Å². The van der Waals surface area contributed by atoms with Gasteiger partial charge in [-0.15, -0.1) is 0 Å². The van der Waals surface area contributed by atoms with Crippen LogP contribution in [0.15, 0.2) is 35.5 Å². The fourth-order valence-corrected chi connectivity index (χ4v) is 2.68. The van der Waals surface area contributed by atoms with Gasteiger partial charge in [0.1, 0.15) is 0 Å². The van der Waals surface area contributed by atoms with Crippen LogP contribution in [0.1, 0.15) is 26.7 Å². The molecule has 1 heterocycles. The predicted octanol–water partition coefficient (Wildman–Crippen LogP) is 2.10. The molecular formula is C15H24N2O. The molecule has 3 nitrogen and oxygen atoms in total. The highest BCUT2D eigenvalue weighted by atomic mass is 16.5. The first-order valence-corrected chi connectivity index (χ1v) is 6.83. The highest BCUT2D eigenvalue weighted by molar-refractivity contribution is 5.33. The Morgan fingerprint density at radius 3 is 2.83 bits per heavy atom. The van der Waals surface area contributed by atoms with E-state index in [2.05, 4.69) is 32.1 Å². The molecule has 3 atom stereocenters. The van der Waals surface area contributed by atoms with E-state index in [4.69, 9.17) is 16.2 Å². The van der Waals surface area contributed by atoms with Gasteiger partial charge in [0.15, 0.2) is 0 Å². The number of hydrogen-bond donors (Lipinski definition) is 2. The van der Waals surface area contributed by atoms with Crippen LogP contribution in [0.5, 0.6) is 0 Å². The van der Waals surface area contributed by atoms with Crippen LogP contribution in [0.2, 0.25) is 0 Å². The fraction of sp³-hybridized carbons (Fsp3) is 0.600. The molecular weight excluding hydrogens is 224 g/mol. The van der Waals surface area contributed by atoms with Gasteiger partial charge in [-0.3, -0.25) is 0 Å². The summed E-state index contributed by atoms with van der Waals surface area (Å²) in [6.45, 7) is 5.24. The van der Waals surface area contributed by atoms with Crippen molar-refractivity contribution in [1.82, 2.24) is 0 Å². The van der Waals surface area contributed by atoms with Crippen molar-refractivity contribution in [2.24, 2.45) is 23.3 Å². The van der Waals surface area contributed by atoms with E-state index in [-0.39, 0.29) is 6.17 Å². The number of nitrogens with two attached hydrogens (primary N) is 2. The minimum absolute atomic E-state index is 0.350. The zero-order chi connectivity index (χ0) is 13.1. The van der Waals surface area contributed by atoms with Crippen molar-refractivity contribution in [3.8, 4) is 0 Å². The van der Waals surface area contributed by atoms with Gasteiger partial charge in [-0.05, 0) is 29.9 Å². The van der Waals surface area contributed by atoms with Crippen LogP contribution in [-0.4, -0.2) is 18.9 Å². The minimum Gasteiger partial charge on any atom is -0.373 e. The molecule has 0 spiro atoms. The van der Waals surface area contributed by atoms with Crippen molar-refractivity contribution in [3.05, 3.63) is 35.5 Å². The quantitative estimate of drug-likeness (QED) is 0.591. The second-order valence-electron chi connectivity index (χ2n) is 5.28. The van der Waals surface area contributed by atoms with Crippen molar-refractivity contribution >= 4 is 0 Å². The SMILES string of the molecule is CCC1OCC(=CCC2C=CC(C(N)N)=C2)C1C. The molecule has 1 aliphatic heterocycles. The molecule has 18 heavy (non-hydrogen) atoms. The second kappa shape index (κ2) is 5.83. The molecule has 3 unspecified atom stereocenters. The lowest BCUT2D eigenvalue weighted by atomic mass is 9.94. The molecule has 0 aromatic heterocycles. The summed E-state index contributed by atoms with van der Waals surface area (Å²) in [5.74, 6) is 0.996. The Labute approximate surface area is 110 Å². The van der Waals surface area contributed by atoms with Crippen LogP contribution in [0.3, 0.4) is 0 Å². The molecule has 0 radical (unpaired) electrons. The van der Waals surface area contributed by atoms with Crippen LogP contribution in [0, 0.1) is 11.8 Å². The lowest BCUT2D eigenvalue weighted by Gasteiger charge is -2.11. The van der Waals surface area contributed by atoms with Gasteiger partial charge < -0.3 is 16.2 Å². The Morgan fingerprint density at radius 2 is 2.28 bits per heavy atom. The maximum Gasteiger partial charge on any atom is 0.0781 e. The molecule has 4 N–H and O–H groups in total. The van der Waals surface area contributed by atoms with Crippen molar-refractivity contribution < 1.29 is 4.74 Å². The van der Waals surface area contributed by atoms with Gasteiger partial charge in [0.05, 0.1) is 18.9 Å². The maximum absolute atomic E-state index is 5.76. The van der Waals surface area contributed by atoms with Crippen LogP contribution in [0.4, 0.5) is 0 Å². The number of rotatable bonds is 4. The van der Waals surface area contributed by atoms with Crippen LogP contribution >= 0.6 is 0 Å². The number of hydrogen-bond acceptors (Lipinski definition) is 3. The van der Waals surface area contributed by atoms with E-state index in [1.165, 1.54) is 5.57 Å². The average molecular weight is 248 g/mol. The Morgan fingerprint density at radius 1 is 1.50 bits per heavy atom. The third-order valence-corrected chi connectivity index (χ3v) is 3.99. The normalized spacial score (nSPS) is 33.7. The van der Waals surface area contributed by atoms with Gasteiger partial charge in [-0.1, -0.05) is 38.2 Å². The molecule has 2 aliphatic rings. The summed E-state index contributed by atoms with van der Waals surface area (Å²) in [6, 6.07) is 0. The molecule has 100 valence electrons. The molecule has 1 saturated heterocycles. The molecule has 2 rings (SSSR count). The van der Waals surface area contributed by atoms with Gasteiger partial charge in [0, 0.05) is 5.92 Å². The topological polar surface area (TPSA) is 61.3 Å². The summed E-state index contributed by atoms with van der Waals surface area (Å²) in [7, 11) is 0. The van der Waals surface area contributed by atoms with Crippen molar-refractivity contribution in [3.63, 3.8) is 0 Å². The summed E-state index contributed by atoms with van der Waals surface area (Å²) in [5.41, 5.74) is 13.8. The summed E-state index contributed by atoms with van der Waals surface area (Å²) >= 11 is 0. The summed E-state index contributed by atoms with van der Waals surface area (Å²) < 4.78 is 5.76. The fourth-order valence-electron chi connectivity index (χ4n) is 2.68. The van der Waals surface area contributed by atoms with E-state index < -0.39 is 0 Å². The van der Waals surface area contributed by atoms with Gasteiger partial charge in [-0.25, -0.2) is 0 Å². The smallest absolute Gasteiger partial charge is 0.0781 e. The van der Waals surface area contributed by atoms with Crippen molar-refractivity contribution in [1.29, 1.82) is 0 Å². The largest absolute Gasteiger partial charge is 0.373 e. The lowest BCUT2D eigenvalue weighted by Crippen LogP contribution is -2.31.